The fourth-order valence-electron chi connectivity index (χ4n) is 2.60. The molecule has 0 aliphatic heterocycles. The summed E-state index contributed by atoms with van der Waals surface area (Å²) in [6, 6.07) is 6.34. The maximum atomic E-state index is 12.6. The van der Waals surface area contributed by atoms with Crippen LogP contribution in [0.5, 0.6) is 0 Å². The molecule has 1 aromatic carbocycles. The number of amides is 2. The molecule has 0 aliphatic carbocycles. The largest absolute Gasteiger partial charge is 0.467 e. The number of ether oxygens (including phenoxy) is 3. The molecule has 0 unspecified atom stereocenters. The zero-order chi connectivity index (χ0) is 24.3. The van der Waals surface area contributed by atoms with Crippen LogP contribution in [-0.4, -0.2) is 59.9 Å². The van der Waals surface area contributed by atoms with Crippen molar-refractivity contribution >= 4 is 23.9 Å². The van der Waals surface area contributed by atoms with Crippen molar-refractivity contribution in [2.75, 3.05) is 7.11 Å². The number of aliphatic hydroxyl groups is 1. The fraction of sp³-hybridized carbons (Fsp3) is 0.545. The van der Waals surface area contributed by atoms with Crippen molar-refractivity contribution in [3.63, 3.8) is 0 Å². The van der Waals surface area contributed by atoms with Crippen molar-refractivity contribution in [1.29, 1.82) is 0 Å². The Labute approximate surface area is 187 Å². The minimum atomic E-state index is -1.40. The summed E-state index contributed by atoms with van der Waals surface area (Å²) in [6.45, 7) is 6.40. The van der Waals surface area contributed by atoms with E-state index in [1.54, 1.807) is 45.0 Å². The summed E-state index contributed by atoms with van der Waals surface area (Å²) in [6.07, 6.45) is -2.44. The van der Waals surface area contributed by atoms with Crippen molar-refractivity contribution in [3.05, 3.63) is 35.9 Å². The summed E-state index contributed by atoms with van der Waals surface area (Å²) in [5.74, 6) is -2.16. The van der Waals surface area contributed by atoms with Gasteiger partial charge in [0.15, 0.2) is 0 Å². The highest BCUT2D eigenvalue weighted by Gasteiger charge is 2.31. The van der Waals surface area contributed by atoms with Crippen LogP contribution in [0.4, 0.5) is 4.79 Å². The summed E-state index contributed by atoms with van der Waals surface area (Å²) in [5.41, 5.74) is 0.0521. The second kappa shape index (κ2) is 12.7. The smallest absolute Gasteiger partial charge is 0.408 e. The van der Waals surface area contributed by atoms with Crippen LogP contribution in [0.25, 0.3) is 0 Å². The molecule has 0 spiro atoms. The fourth-order valence-corrected chi connectivity index (χ4v) is 2.60. The molecule has 10 nitrogen and oxygen atoms in total. The molecule has 1 rings (SSSR count). The Hall–Kier alpha value is -3.14. The van der Waals surface area contributed by atoms with Gasteiger partial charge >= 0.3 is 18.0 Å². The van der Waals surface area contributed by atoms with Gasteiger partial charge in [0.2, 0.25) is 5.91 Å². The third-order valence-electron chi connectivity index (χ3n) is 4.11. The van der Waals surface area contributed by atoms with Crippen LogP contribution < -0.4 is 10.6 Å². The van der Waals surface area contributed by atoms with Crippen LogP contribution in [0.1, 0.15) is 46.1 Å². The zero-order valence-corrected chi connectivity index (χ0v) is 19.0. The van der Waals surface area contributed by atoms with Crippen LogP contribution in [0.15, 0.2) is 30.3 Å². The number of benzene rings is 1. The predicted molar refractivity (Wildman–Crippen MR) is 114 cm³/mol. The average Bonchev–Trinajstić information content (AvgIpc) is 2.71. The van der Waals surface area contributed by atoms with E-state index < -0.39 is 47.7 Å². The van der Waals surface area contributed by atoms with Gasteiger partial charge in [-0.2, -0.15) is 0 Å². The third kappa shape index (κ3) is 10.3. The number of rotatable bonds is 10. The lowest BCUT2D eigenvalue weighted by Gasteiger charge is -2.24. The lowest BCUT2D eigenvalue weighted by atomic mass is 10.1. The Balaban J connectivity index is 2.71. The molecule has 0 saturated heterocycles. The molecule has 0 bridgehead atoms. The summed E-state index contributed by atoms with van der Waals surface area (Å²) >= 11 is 0. The predicted octanol–water partition coefficient (Wildman–Crippen LogP) is 1.44. The maximum absolute atomic E-state index is 12.6. The molecule has 10 heteroatoms. The van der Waals surface area contributed by atoms with Crippen molar-refractivity contribution < 1.29 is 38.5 Å². The van der Waals surface area contributed by atoms with Crippen LogP contribution in [-0.2, 0) is 35.2 Å². The van der Waals surface area contributed by atoms with Crippen molar-refractivity contribution in [2.45, 2.75) is 70.9 Å². The number of nitrogens with one attached hydrogen (secondary N) is 2. The van der Waals surface area contributed by atoms with Gasteiger partial charge in [-0.15, -0.1) is 0 Å². The van der Waals surface area contributed by atoms with Gasteiger partial charge in [0.25, 0.3) is 0 Å². The molecule has 0 aliphatic rings. The second-order valence-corrected chi connectivity index (χ2v) is 8.13. The van der Waals surface area contributed by atoms with E-state index in [0.29, 0.717) is 0 Å². The minimum absolute atomic E-state index is 0.0263. The van der Waals surface area contributed by atoms with Crippen LogP contribution >= 0.6 is 0 Å². The highest BCUT2D eigenvalue weighted by Crippen LogP contribution is 2.11. The van der Waals surface area contributed by atoms with Crippen LogP contribution in [0, 0.1) is 0 Å². The highest BCUT2D eigenvalue weighted by molar-refractivity contribution is 5.90. The molecular weight excluding hydrogens is 420 g/mol. The van der Waals surface area contributed by atoms with E-state index in [9.17, 15) is 24.3 Å². The number of carbonyl (C=O) groups excluding carboxylic acids is 4. The lowest BCUT2D eigenvalue weighted by Crippen LogP contribution is -2.56. The van der Waals surface area contributed by atoms with Gasteiger partial charge in [-0.1, -0.05) is 30.3 Å². The number of carbonyl (C=O) groups is 4. The lowest BCUT2D eigenvalue weighted by molar-refractivity contribution is -0.155. The molecule has 0 radical (unpaired) electrons. The first-order valence-electron chi connectivity index (χ1n) is 10.2. The first kappa shape index (κ1) is 26.9. The first-order chi connectivity index (χ1) is 14.9. The van der Waals surface area contributed by atoms with E-state index in [1.807, 2.05) is 6.07 Å². The van der Waals surface area contributed by atoms with Gasteiger partial charge in [-0.05, 0) is 39.7 Å². The Kier molecular flexibility index (Phi) is 10.6. The summed E-state index contributed by atoms with van der Waals surface area (Å²) < 4.78 is 14.9. The van der Waals surface area contributed by atoms with E-state index in [0.717, 1.165) is 12.7 Å². The molecule has 0 fully saturated rings. The number of esters is 2. The van der Waals surface area contributed by atoms with Gasteiger partial charge in [-0.3, -0.25) is 9.59 Å². The van der Waals surface area contributed by atoms with E-state index >= 15 is 0 Å². The normalized spacial score (nSPS) is 13.8. The molecule has 0 aromatic heterocycles. The summed E-state index contributed by atoms with van der Waals surface area (Å²) in [5, 5.41) is 14.6. The molecule has 1 aromatic rings. The van der Waals surface area contributed by atoms with Gasteiger partial charge in [0, 0.05) is 6.42 Å². The summed E-state index contributed by atoms with van der Waals surface area (Å²) in [4.78, 5) is 48.7. The monoisotopic (exact) mass is 452 g/mol. The number of methoxy groups -OCH3 is 1. The molecule has 2 amide bonds. The molecule has 3 N–H and O–H groups in total. The quantitative estimate of drug-likeness (QED) is 0.358. The molecule has 178 valence electrons. The van der Waals surface area contributed by atoms with Gasteiger partial charge < -0.3 is 30.0 Å². The van der Waals surface area contributed by atoms with Crippen LogP contribution in [0.2, 0.25) is 0 Å². The minimum Gasteiger partial charge on any atom is -0.467 e. The molecule has 0 saturated carbocycles. The Morgan fingerprint density at radius 3 is 2.22 bits per heavy atom. The molecule has 32 heavy (non-hydrogen) atoms. The number of hydrogen-bond acceptors (Lipinski definition) is 8. The van der Waals surface area contributed by atoms with Gasteiger partial charge in [0.1, 0.15) is 24.3 Å². The van der Waals surface area contributed by atoms with Gasteiger partial charge in [-0.25, -0.2) is 9.59 Å². The van der Waals surface area contributed by atoms with Crippen molar-refractivity contribution in [3.8, 4) is 0 Å². The topological polar surface area (TPSA) is 140 Å². The van der Waals surface area contributed by atoms with E-state index in [-0.39, 0.29) is 19.4 Å². The number of aliphatic hydroxyl groups excluding tert-OH is 1. The van der Waals surface area contributed by atoms with Crippen molar-refractivity contribution in [1.82, 2.24) is 10.6 Å². The van der Waals surface area contributed by atoms with E-state index in [1.165, 1.54) is 6.92 Å². The van der Waals surface area contributed by atoms with Crippen LogP contribution in [0.3, 0.4) is 0 Å². The van der Waals surface area contributed by atoms with E-state index in [2.05, 4.69) is 15.4 Å². The van der Waals surface area contributed by atoms with Gasteiger partial charge in [0.05, 0.1) is 13.2 Å². The Morgan fingerprint density at radius 1 is 1.06 bits per heavy atom. The summed E-state index contributed by atoms with van der Waals surface area (Å²) in [7, 11) is 1.14. The number of hydrogen-bond donors (Lipinski definition) is 3. The van der Waals surface area contributed by atoms with E-state index in [4.69, 9.17) is 9.47 Å². The average molecular weight is 453 g/mol. The first-order valence-corrected chi connectivity index (χ1v) is 10.2. The molecule has 0 heterocycles. The van der Waals surface area contributed by atoms with Crippen molar-refractivity contribution in [2.24, 2.45) is 0 Å². The number of alkyl carbamates (subject to hydrolysis) is 1. The third-order valence-corrected chi connectivity index (χ3v) is 4.11. The Morgan fingerprint density at radius 2 is 1.69 bits per heavy atom. The maximum Gasteiger partial charge on any atom is 0.408 e. The SMILES string of the molecule is COC(=O)[C@@H](CCC(=O)OC(C)(C)C)NC(=O)[C@@H](NC(=O)OCc1ccccc1)[C@@H](C)O. The Bertz CT molecular complexity index is 774. The molecule has 3 atom stereocenters. The zero-order valence-electron chi connectivity index (χ0n) is 19.0. The second-order valence-electron chi connectivity index (χ2n) is 8.13. The highest BCUT2D eigenvalue weighted by atomic mass is 16.6. The molecular formula is C22H32N2O8. The standard InChI is InChI=1S/C22H32N2O8/c1-14(25)18(24-21(29)31-13-15-9-7-6-8-10-15)19(27)23-16(20(28)30-5)11-12-17(26)32-22(2,3)4/h6-10,14,16,18,25H,11-13H2,1-5H3,(H,23,27)(H,24,29)/t14-,16-,18+/m1/s1.